The third-order valence-corrected chi connectivity index (χ3v) is 4.98. The van der Waals surface area contributed by atoms with Gasteiger partial charge in [0.2, 0.25) is 0 Å². The fourth-order valence-electron chi connectivity index (χ4n) is 3.83. The van der Waals surface area contributed by atoms with Gasteiger partial charge in [0, 0.05) is 38.9 Å². The van der Waals surface area contributed by atoms with Crippen molar-refractivity contribution in [1.29, 1.82) is 5.26 Å². The number of carbonyl (C=O) groups is 1. The predicted molar refractivity (Wildman–Crippen MR) is 88.8 cm³/mol. The van der Waals surface area contributed by atoms with Gasteiger partial charge in [-0.2, -0.15) is 5.26 Å². The highest BCUT2D eigenvalue weighted by Crippen LogP contribution is 2.27. The molecule has 2 aliphatic rings. The topological polar surface area (TPSA) is 67.5 Å². The van der Waals surface area contributed by atoms with Crippen LogP contribution in [-0.4, -0.2) is 54.4 Å². The van der Waals surface area contributed by atoms with Gasteiger partial charge in [-0.1, -0.05) is 0 Å². The molecule has 1 aromatic heterocycles. The first-order chi connectivity index (χ1) is 11.6. The molecule has 130 valence electrons. The molecule has 0 radical (unpaired) electrons. The van der Waals surface area contributed by atoms with Crippen molar-refractivity contribution in [2.24, 2.45) is 0 Å². The second-order valence-electron chi connectivity index (χ2n) is 6.69. The van der Waals surface area contributed by atoms with Gasteiger partial charge in [-0.3, -0.25) is 4.79 Å². The smallest absolute Gasteiger partial charge is 0.270 e. The third kappa shape index (κ3) is 3.06. The van der Waals surface area contributed by atoms with E-state index in [1.807, 2.05) is 11.5 Å². The zero-order valence-corrected chi connectivity index (χ0v) is 14.5. The quantitative estimate of drug-likeness (QED) is 0.827. The molecule has 0 spiro atoms. The third-order valence-electron chi connectivity index (χ3n) is 4.98. The van der Waals surface area contributed by atoms with Gasteiger partial charge >= 0.3 is 0 Å². The summed E-state index contributed by atoms with van der Waals surface area (Å²) in [6.45, 7) is 5.07. The van der Waals surface area contributed by atoms with E-state index in [4.69, 9.17) is 9.47 Å². The van der Waals surface area contributed by atoms with Crippen LogP contribution in [0.2, 0.25) is 0 Å². The van der Waals surface area contributed by atoms with E-state index in [1.54, 1.807) is 18.0 Å². The zero-order chi connectivity index (χ0) is 17.2. The molecule has 0 saturated carbocycles. The molecule has 6 heteroatoms. The minimum absolute atomic E-state index is 0.0503. The molecule has 1 saturated heterocycles. The number of likely N-dealkylation sites (N-methyl/N-ethyl adjacent to an activating group) is 1. The molecule has 0 bridgehead atoms. The molecule has 1 aromatic rings. The summed E-state index contributed by atoms with van der Waals surface area (Å²) in [5.41, 5.74) is 1.85. The van der Waals surface area contributed by atoms with Crippen molar-refractivity contribution < 1.29 is 14.3 Å². The highest BCUT2D eigenvalue weighted by Gasteiger charge is 2.38. The summed E-state index contributed by atoms with van der Waals surface area (Å²) < 4.78 is 13.4. The van der Waals surface area contributed by atoms with E-state index in [0.717, 1.165) is 37.9 Å². The molecule has 24 heavy (non-hydrogen) atoms. The molecule has 3 heterocycles. The molecule has 2 aliphatic heterocycles. The van der Waals surface area contributed by atoms with Gasteiger partial charge in [-0.25, -0.2) is 0 Å². The standard InChI is InChI=1S/C18H25N3O3/c1-3-24-18(7-9-23-13-18)12-20(2)17(22)16-10-14(11-19)15-6-4-5-8-21(15)16/h10H,3-9,12-13H2,1-2H3. The van der Waals surface area contributed by atoms with Crippen LogP contribution in [0.5, 0.6) is 0 Å². The Hall–Kier alpha value is -1.84. The molecule has 6 nitrogen and oxygen atoms in total. The van der Waals surface area contributed by atoms with Crippen LogP contribution in [0.3, 0.4) is 0 Å². The first-order valence-electron chi connectivity index (χ1n) is 8.70. The van der Waals surface area contributed by atoms with E-state index in [0.29, 0.717) is 37.6 Å². The summed E-state index contributed by atoms with van der Waals surface area (Å²) in [7, 11) is 1.80. The summed E-state index contributed by atoms with van der Waals surface area (Å²) in [6, 6.07) is 3.98. The molecule has 0 aliphatic carbocycles. The summed E-state index contributed by atoms with van der Waals surface area (Å²) in [5, 5.41) is 9.34. The first kappa shape index (κ1) is 17.0. The minimum Gasteiger partial charge on any atom is -0.378 e. The van der Waals surface area contributed by atoms with Crippen molar-refractivity contribution in [2.75, 3.05) is 33.4 Å². The Morgan fingerprint density at radius 1 is 1.54 bits per heavy atom. The maximum absolute atomic E-state index is 13.0. The van der Waals surface area contributed by atoms with E-state index >= 15 is 0 Å². The van der Waals surface area contributed by atoms with Crippen molar-refractivity contribution in [1.82, 2.24) is 9.47 Å². The summed E-state index contributed by atoms with van der Waals surface area (Å²) in [4.78, 5) is 14.7. The number of nitrogens with zero attached hydrogens (tertiary/aromatic N) is 3. The molecular formula is C18H25N3O3. The van der Waals surface area contributed by atoms with Crippen LogP contribution >= 0.6 is 0 Å². The Morgan fingerprint density at radius 2 is 2.38 bits per heavy atom. The minimum atomic E-state index is -0.408. The Kier molecular flexibility index (Phi) is 4.93. The lowest BCUT2D eigenvalue weighted by Crippen LogP contribution is -2.47. The van der Waals surface area contributed by atoms with Gasteiger partial charge in [-0.15, -0.1) is 0 Å². The summed E-state index contributed by atoms with van der Waals surface area (Å²) in [6.07, 6.45) is 3.80. The molecule has 0 aromatic carbocycles. The fraction of sp³-hybridized carbons (Fsp3) is 0.667. The van der Waals surface area contributed by atoms with Crippen LogP contribution in [0.15, 0.2) is 6.07 Å². The Labute approximate surface area is 142 Å². The Morgan fingerprint density at radius 3 is 3.04 bits per heavy atom. The van der Waals surface area contributed by atoms with Gasteiger partial charge in [-0.05, 0) is 32.3 Å². The van der Waals surface area contributed by atoms with Crippen molar-refractivity contribution in [3.63, 3.8) is 0 Å². The van der Waals surface area contributed by atoms with Crippen molar-refractivity contribution >= 4 is 5.91 Å². The number of aromatic nitrogens is 1. The number of hydrogen-bond donors (Lipinski definition) is 0. The second-order valence-corrected chi connectivity index (χ2v) is 6.69. The monoisotopic (exact) mass is 331 g/mol. The van der Waals surface area contributed by atoms with Crippen LogP contribution in [0.1, 0.15) is 47.9 Å². The van der Waals surface area contributed by atoms with Crippen LogP contribution in [0.25, 0.3) is 0 Å². The predicted octanol–water partition coefficient (Wildman–Crippen LogP) is 1.96. The van der Waals surface area contributed by atoms with Gasteiger partial charge < -0.3 is 18.9 Å². The van der Waals surface area contributed by atoms with Crippen LogP contribution in [-0.2, 0) is 22.4 Å². The van der Waals surface area contributed by atoms with Crippen LogP contribution in [0.4, 0.5) is 0 Å². The maximum Gasteiger partial charge on any atom is 0.270 e. The Balaban J connectivity index is 1.81. The maximum atomic E-state index is 13.0. The zero-order valence-electron chi connectivity index (χ0n) is 14.5. The average Bonchev–Trinajstić information content (AvgIpc) is 3.19. The normalized spacial score (nSPS) is 22.9. The number of rotatable bonds is 5. The van der Waals surface area contributed by atoms with Crippen molar-refractivity contribution in [2.45, 2.75) is 44.8 Å². The molecular weight excluding hydrogens is 306 g/mol. The number of fused-ring (bicyclic) bond motifs is 1. The molecule has 1 unspecified atom stereocenters. The number of amides is 1. The average molecular weight is 331 g/mol. The van der Waals surface area contributed by atoms with Gasteiger partial charge in [0.05, 0.1) is 18.7 Å². The molecule has 1 amide bonds. The van der Waals surface area contributed by atoms with Crippen molar-refractivity contribution in [3.05, 3.63) is 23.0 Å². The van der Waals surface area contributed by atoms with Gasteiger partial charge in [0.1, 0.15) is 17.4 Å². The summed E-state index contributed by atoms with van der Waals surface area (Å²) >= 11 is 0. The van der Waals surface area contributed by atoms with E-state index < -0.39 is 5.60 Å². The molecule has 0 N–H and O–H groups in total. The lowest BCUT2D eigenvalue weighted by molar-refractivity contribution is -0.0564. The molecule has 1 atom stereocenters. The van der Waals surface area contributed by atoms with E-state index in [2.05, 4.69) is 6.07 Å². The van der Waals surface area contributed by atoms with Crippen molar-refractivity contribution in [3.8, 4) is 6.07 Å². The van der Waals surface area contributed by atoms with Gasteiger partial charge in [0.15, 0.2) is 0 Å². The number of hydrogen-bond acceptors (Lipinski definition) is 4. The first-order valence-corrected chi connectivity index (χ1v) is 8.70. The fourth-order valence-corrected chi connectivity index (χ4v) is 3.83. The van der Waals surface area contributed by atoms with Gasteiger partial charge in [0.25, 0.3) is 5.91 Å². The highest BCUT2D eigenvalue weighted by atomic mass is 16.6. The number of carbonyl (C=O) groups excluding carboxylic acids is 1. The molecule has 1 fully saturated rings. The molecule has 3 rings (SSSR count). The van der Waals surface area contributed by atoms with E-state index in [1.165, 1.54) is 0 Å². The highest BCUT2D eigenvalue weighted by molar-refractivity contribution is 5.93. The van der Waals surface area contributed by atoms with E-state index in [-0.39, 0.29) is 5.91 Å². The van der Waals surface area contributed by atoms with Crippen LogP contribution in [0, 0.1) is 11.3 Å². The lowest BCUT2D eigenvalue weighted by Gasteiger charge is -2.32. The van der Waals surface area contributed by atoms with Crippen LogP contribution < -0.4 is 0 Å². The lowest BCUT2D eigenvalue weighted by atomic mass is 10.0. The summed E-state index contributed by atoms with van der Waals surface area (Å²) in [5.74, 6) is -0.0503. The second kappa shape index (κ2) is 6.96. The number of nitriles is 1. The number of ether oxygens (including phenoxy) is 2. The van der Waals surface area contributed by atoms with E-state index in [9.17, 15) is 10.1 Å². The largest absolute Gasteiger partial charge is 0.378 e. The SMILES string of the molecule is CCOC1(CN(C)C(=O)c2cc(C#N)c3n2CCCC3)CCOC1. The Bertz CT molecular complexity index is 653.